The minimum Gasteiger partial charge on any atom is -0.393 e. The van der Waals surface area contributed by atoms with Gasteiger partial charge in [-0.05, 0) is 38.0 Å². The lowest BCUT2D eigenvalue weighted by Crippen LogP contribution is -2.16. The van der Waals surface area contributed by atoms with E-state index in [9.17, 15) is 5.11 Å². The fourth-order valence-electron chi connectivity index (χ4n) is 1.67. The molecule has 0 aliphatic heterocycles. The van der Waals surface area contributed by atoms with Gasteiger partial charge in [0.25, 0.3) is 0 Å². The summed E-state index contributed by atoms with van der Waals surface area (Å²) in [5.74, 6) is 1.05. The monoisotopic (exact) mass is 196 g/mol. The topological polar surface area (TPSA) is 20.2 Å². The third-order valence-corrected chi connectivity index (χ3v) is 2.75. The van der Waals surface area contributed by atoms with Crippen molar-refractivity contribution in [3.63, 3.8) is 0 Å². The number of hydrogen-bond donors (Lipinski definition) is 1. The molecule has 82 valence electrons. The summed E-state index contributed by atoms with van der Waals surface area (Å²) in [6.07, 6.45) is 7.88. The third kappa shape index (κ3) is 5.98. The Balaban J connectivity index is 3.80. The first-order valence-electron chi connectivity index (χ1n) is 5.51. The van der Waals surface area contributed by atoms with Crippen molar-refractivity contribution in [2.24, 2.45) is 11.8 Å². The van der Waals surface area contributed by atoms with E-state index in [0.717, 1.165) is 25.7 Å². The second kappa shape index (κ2) is 7.81. The first-order chi connectivity index (χ1) is 6.61. The molecule has 3 atom stereocenters. The summed E-state index contributed by atoms with van der Waals surface area (Å²) in [7, 11) is 0. The van der Waals surface area contributed by atoms with Gasteiger partial charge < -0.3 is 5.11 Å². The molecule has 0 radical (unpaired) electrons. The van der Waals surface area contributed by atoms with Crippen molar-refractivity contribution in [3.8, 4) is 0 Å². The zero-order chi connectivity index (χ0) is 11.0. The highest BCUT2D eigenvalue weighted by atomic mass is 16.3. The molecule has 1 nitrogen and oxygen atoms in total. The van der Waals surface area contributed by atoms with Crippen LogP contribution >= 0.6 is 0 Å². The quantitative estimate of drug-likeness (QED) is 0.589. The molecule has 0 aromatic heterocycles. The van der Waals surface area contributed by atoms with Crippen LogP contribution in [0.3, 0.4) is 0 Å². The Morgan fingerprint density at radius 3 is 2.07 bits per heavy atom. The van der Waals surface area contributed by atoms with Crippen molar-refractivity contribution < 1.29 is 5.11 Å². The molecule has 0 rings (SSSR count). The lowest BCUT2D eigenvalue weighted by molar-refractivity contribution is 0.117. The number of aliphatic hydroxyl groups is 1. The Morgan fingerprint density at radius 2 is 1.64 bits per heavy atom. The van der Waals surface area contributed by atoms with Gasteiger partial charge in [-0.15, -0.1) is 13.2 Å². The Hall–Kier alpha value is -0.560. The van der Waals surface area contributed by atoms with Crippen LogP contribution in [0.5, 0.6) is 0 Å². The van der Waals surface area contributed by atoms with Gasteiger partial charge in [-0.1, -0.05) is 25.5 Å². The van der Waals surface area contributed by atoms with E-state index in [4.69, 9.17) is 0 Å². The van der Waals surface area contributed by atoms with Crippen LogP contribution in [-0.4, -0.2) is 11.2 Å². The van der Waals surface area contributed by atoms with Gasteiger partial charge in [-0.2, -0.15) is 0 Å². The summed E-state index contributed by atoms with van der Waals surface area (Å²) in [6.45, 7) is 11.6. The van der Waals surface area contributed by atoms with Gasteiger partial charge in [-0.25, -0.2) is 0 Å². The second-order valence-corrected chi connectivity index (χ2v) is 4.23. The van der Waals surface area contributed by atoms with E-state index in [1.54, 1.807) is 0 Å². The maximum absolute atomic E-state index is 9.52. The van der Waals surface area contributed by atoms with Gasteiger partial charge in [0, 0.05) is 0 Å². The van der Waals surface area contributed by atoms with E-state index in [2.05, 4.69) is 20.1 Å². The zero-order valence-electron chi connectivity index (χ0n) is 9.58. The highest BCUT2D eigenvalue weighted by Gasteiger charge is 2.14. The molecule has 0 aromatic carbocycles. The largest absolute Gasteiger partial charge is 0.393 e. The fraction of sp³-hybridized carbons (Fsp3) is 0.692. The van der Waals surface area contributed by atoms with Crippen molar-refractivity contribution in [2.45, 2.75) is 45.6 Å². The van der Waals surface area contributed by atoms with Gasteiger partial charge in [-0.3, -0.25) is 0 Å². The van der Waals surface area contributed by atoms with E-state index in [1.165, 1.54) is 0 Å². The van der Waals surface area contributed by atoms with Crippen LogP contribution in [-0.2, 0) is 0 Å². The van der Waals surface area contributed by atoms with E-state index in [0.29, 0.717) is 11.8 Å². The summed E-state index contributed by atoms with van der Waals surface area (Å²) >= 11 is 0. The fourth-order valence-corrected chi connectivity index (χ4v) is 1.67. The predicted molar refractivity (Wildman–Crippen MR) is 63.2 cm³/mol. The molecule has 0 aliphatic rings. The SMILES string of the molecule is C=CCC(C)CCC(CC=C)C(C)O. The van der Waals surface area contributed by atoms with Crippen LogP contribution in [0.15, 0.2) is 25.3 Å². The average Bonchev–Trinajstić information content (AvgIpc) is 2.12. The van der Waals surface area contributed by atoms with Gasteiger partial charge in [0.2, 0.25) is 0 Å². The van der Waals surface area contributed by atoms with Crippen molar-refractivity contribution in [1.29, 1.82) is 0 Å². The van der Waals surface area contributed by atoms with E-state index in [-0.39, 0.29) is 6.10 Å². The van der Waals surface area contributed by atoms with Crippen molar-refractivity contribution in [3.05, 3.63) is 25.3 Å². The number of allylic oxidation sites excluding steroid dienone is 2. The molecule has 0 saturated heterocycles. The third-order valence-electron chi connectivity index (χ3n) is 2.75. The Bertz CT molecular complexity index is 161. The van der Waals surface area contributed by atoms with Crippen LogP contribution in [0.1, 0.15) is 39.5 Å². The van der Waals surface area contributed by atoms with Gasteiger partial charge in [0.15, 0.2) is 0 Å². The van der Waals surface area contributed by atoms with Crippen LogP contribution in [0.4, 0.5) is 0 Å². The van der Waals surface area contributed by atoms with Gasteiger partial charge in [0.05, 0.1) is 6.10 Å². The first-order valence-corrected chi connectivity index (χ1v) is 5.51. The summed E-state index contributed by atoms with van der Waals surface area (Å²) in [6, 6.07) is 0. The molecule has 0 aliphatic carbocycles. The normalized spacial score (nSPS) is 17.1. The molecule has 0 heterocycles. The molecule has 0 aromatic rings. The number of rotatable bonds is 8. The standard InChI is InChI=1S/C13H24O/c1-5-7-11(3)9-10-13(8-6-2)12(4)14/h5-6,11-14H,1-2,7-10H2,3-4H3. The molecular weight excluding hydrogens is 172 g/mol. The summed E-state index contributed by atoms with van der Waals surface area (Å²) in [4.78, 5) is 0. The molecule has 3 unspecified atom stereocenters. The summed E-state index contributed by atoms with van der Waals surface area (Å²) in [5, 5.41) is 9.52. The van der Waals surface area contributed by atoms with Gasteiger partial charge >= 0.3 is 0 Å². The molecule has 14 heavy (non-hydrogen) atoms. The Morgan fingerprint density at radius 1 is 1.07 bits per heavy atom. The first kappa shape index (κ1) is 13.4. The van der Waals surface area contributed by atoms with Crippen LogP contribution < -0.4 is 0 Å². The number of aliphatic hydroxyl groups excluding tert-OH is 1. The maximum atomic E-state index is 9.52. The summed E-state index contributed by atoms with van der Waals surface area (Å²) in [5.41, 5.74) is 0. The van der Waals surface area contributed by atoms with Crippen molar-refractivity contribution in [2.75, 3.05) is 0 Å². The smallest absolute Gasteiger partial charge is 0.0543 e. The predicted octanol–water partition coefficient (Wildman–Crippen LogP) is 3.55. The lowest BCUT2D eigenvalue weighted by Gasteiger charge is -2.19. The average molecular weight is 196 g/mol. The van der Waals surface area contributed by atoms with E-state index < -0.39 is 0 Å². The zero-order valence-corrected chi connectivity index (χ0v) is 9.58. The van der Waals surface area contributed by atoms with Crippen LogP contribution in [0, 0.1) is 11.8 Å². The van der Waals surface area contributed by atoms with Crippen LogP contribution in [0.25, 0.3) is 0 Å². The molecule has 1 heteroatoms. The van der Waals surface area contributed by atoms with Crippen molar-refractivity contribution >= 4 is 0 Å². The molecule has 0 saturated carbocycles. The second-order valence-electron chi connectivity index (χ2n) is 4.23. The van der Waals surface area contributed by atoms with Gasteiger partial charge in [0.1, 0.15) is 0 Å². The minimum atomic E-state index is -0.219. The maximum Gasteiger partial charge on any atom is 0.0543 e. The molecule has 1 N–H and O–H groups in total. The lowest BCUT2D eigenvalue weighted by atomic mass is 9.90. The highest BCUT2D eigenvalue weighted by Crippen LogP contribution is 2.21. The highest BCUT2D eigenvalue weighted by molar-refractivity contribution is 4.78. The van der Waals surface area contributed by atoms with Crippen LogP contribution in [0.2, 0.25) is 0 Å². The van der Waals surface area contributed by atoms with E-state index in [1.807, 2.05) is 19.1 Å². The molecule has 0 spiro atoms. The molecule has 0 bridgehead atoms. The molecular formula is C13H24O. The Labute approximate surface area is 88.5 Å². The number of hydrogen-bond acceptors (Lipinski definition) is 1. The van der Waals surface area contributed by atoms with Crippen molar-refractivity contribution in [1.82, 2.24) is 0 Å². The van der Waals surface area contributed by atoms with E-state index >= 15 is 0 Å². The summed E-state index contributed by atoms with van der Waals surface area (Å²) < 4.78 is 0. The molecule has 0 amide bonds. The minimum absolute atomic E-state index is 0.219. The Kier molecular flexibility index (Phi) is 7.50. The molecule has 0 fully saturated rings.